The van der Waals surface area contributed by atoms with Crippen LogP contribution < -0.4 is 9.47 Å². The summed E-state index contributed by atoms with van der Waals surface area (Å²) in [5.74, 6) is 2.32. The smallest absolute Gasteiger partial charge is 0.120 e. The minimum Gasteiger partial charge on any atom is -0.508 e. The number of ether oxygens (including phenoxy) is 2. The number of aryl methyl sites for hydroxylation is 3. The van der Waals surface area contributed by atoms with E-state index in [1.165, 1.54) is 235 Å². The largest absolute Gasteiger partial charge is 0.508 e. The maximum Gasteiger partial charge on any atom is 0.120 e. The lowest BCUT2D eigenvalue weighted by atomic mass is 10.0. The number of carbonyl (C=O) groups is 2. The van der Waals surface area contributed by atoms with Crippen LogP contribution in [0.1, 0.15) is 261 Å². The molecule has 0 aliphatic rings. The van der Waals surface area contributed by atoms with E-state index in [-0.39, 0.29) is 34.9 Å². The van der Waals surface area contributed by atoms with E-state index in [2.05, 4.69) is 147 Å². The second-order valence-electron chi connectivity index (χ2n) is 22.5. The molecule has 0 aliphatic carbocycles. The molecule has 0 bridgehead atoms. The van der Waals surface area contributed by atoms with Crippen LogP contribution in [0.2, 0.25) is 0 Å². The number of aldehydes is 2. The molecule has 0 amide bonds. The molecular formula is C68H128O6P14. The van der Waals surface area contributed by atoms with Crippen molar-refractivity contribution in [2.75, 3.05) is 20.8 Å². The predicted molar refractivity (Wildman–Crippen MR) is 440 cm³/mol. The highest BCUT2D eigenvalue weighted by atomic mass is 33.1. The Kier molecular flexibility index (Phi) is 76.4. The molecule has 0 heterocycles. The Labute approximate surface area is 568 Å². The van der Waals surface area contributed by atoms with Gasteiger partial charge in [0.1, 0.15) is 29.8 Å². The molecule has 0 fully saturated rings. The van der Waals surface area contributed by atoms with Gasteiger partial charge < -0.3 is 29.3 Å². The molecule has 3 rings (SSSR count). The summed E-state index contributed by atoms with van der Waals surface area (Å²) in [7, 11) is 29.0. The zero-order valence-corrected chi connectivity index (χ0v) is 69.9. The van der Waals surface area contributed by atoms with Crippen LogP contribution in [0.5, 0.6) is 17.2 Å². The van der Waals surface area contributed by atoms with Crippen LogP contribution in [0, 0.1) is 0 Å². The first-order valence-electron chi connectivity index (χ1n) is 33.3. The molecule has 506 valence electrons. The van der Waals surface area contributed by atoms with Crippen molar-refractivity contribution in [1.82, 2.24) is 0 Å². The Morgan fingerprint density at radius 1 is 0.352 bits per heavy atom. The number of aliphatic hydroxyl groups excluding tert-OH is 1. The van der Waals surface area contributed by atoms with Gasteiger partial charge in [-0.25, -0.2) is 0 Å². The number of unbranched alkanes of at least 4 members (excludes halogenated alkanes) is 33. The standard InChI is InChI=1S/C23H40O2.C23H38O2.C22H32O2.H10P8.H8P6/c2*1-25-23-19-16-18-22(21-23)17-14-12-10-8-6-4-2-3-5-7-9-11-13-15-20-24;23-19-14-12-10-8-6-4-2-1-3-5-7-9-11-13-16-21-17-15-18-22(24)20-21;1-6(2)8(5)7(3)4;1-5(2)6(3)4/h16,18-19,21,24H,2-15,17,20H2,1H3;16,18-21H,2-15,17H2,1H3;2,4,8,10,15,17-20,24H,1,3,5-7,9,11-14,16H2;1-5H2;1-4H2/b;;4-2-,10-8-;;. The Hall–Kier alpha value is 1.86. The number of aliphatic hydroxyl groups is 1. The number of hydrogen-bond acceptors (Lipinski definition) is 6. The van der Waals surface area contributed by atoms with Crippen molar-refractivity contribution >= 4 is 128 Å². The van der Waals surface area contributed by atoms with Gasteiger partial charge in [-0.1, -0.05) is 234 Å². The monoisotopic (exact) mass is 1470 g/mol. The van der Waals surface area contributed by atoms with E-state index in [0.717, 1.165) is 62.6 Å². The van der Waals surface area contributed by atoms with Gasteiger partial charge in [-0.2, -0.15) is 0 Å². The van der Waals surface area contributed by atoms with Crippen molar-refractivity contribution in [2.24, 2.45) is 0 Å². The predicted octanol–water partition coefficient (Wildman–Crippen LogP) is 27.0. The zero-order valence-electron chi connectivity index (χ0n) is 55.1. The second kappa shape index (κ2) is 73.1. The van der Waals surface area contributed by atoms with Crippen LogP contribution in [0.3, 0.4) is 0 Å². The minimum atomic E-state index is 0.147. The fourth-order valence-corrected chi connectivity index (χ4v) is 38.4. The number of allylic oxidation sites excluding steroid dienone is 4. The lowest BCUT2D eigenvalue weighted by Gasteiger charge is -2.18. The summed E-state index contributed by atoms with van der Waals surface area (Å²) < 4.78 is 10.5. The fourth-order valence-electron chi connectivity index (χ4n) is 9.52. The highest BCUT2D eigenvalue weighted by Gasteiger charge is 2.10. The number of phenols is 1. The van der Waals surface area contributed by atoms with Crippen molar-refractivity contribution in [2.45, 2.75) is 263 Å². The molecule has 9 atom stereocenters. The number of rotatable bonds is 51. The average Bonchev–Trinajstić information content (AvgIpc) is 3.65. The molecule has 0 saturated heterocycles. The van der Waals surface area contributed by atoms with Crippen LogP contribution in [0.15, 0.2) is 97.1 Å². The van der Waals surface area contributed by atoms with Gasteiger partial charge in [-0.15, -0.1) is 80.4 Å². The first-order valence-corrected chi connectivity index (χ1v) is 56.7. The Bertz CT molecular complexity index is 2000. The maximum atomic E-state index is 10.2. The van der Waals surface area contributed by atoms with E-state index >= 15 is 0 Å². The van der Waals surface area contributed by atoms with Crippen LogP contribution >= 0.6 is 115 Å². The van der Waals surface area contributed by atoms with Crippen molar-refractivity contribution < 1.29 is 29.3 Å². The third-order valence-corrected chi connectivity index (χ3v) is 73.9. The summed E-state index contributed by atoms with van der Waals surface area (Å²) in [5, 5.41) is 18.1. The number of methoxy groups -OCH3 is 2. The number of phenolic OH excluding ortho intramolecular Hbond substituents is 1. The molecular weight excluding hydrogens is 1350 g/mol. The van der Waals surface area contributed by atoms with Crippen molar-refractivity contribution in [1.29, 1.82) is 0 Å². The Balaban J connectivity index is 0. The van der Waals surface area contributed by atoms with E-state index < -0.39 is 0 Å². The van der Waals surface area contributed by atoms with Crippen LogP contribution in [-0.2, 0) is 28.9 Å². The Morgan fingerprint density at radius 3 is 0.966 bits per heavy atom. The first kappa shape index (κ1) is 91.9. The zero-order chi connectivity index (χ0) is 65.2. The van der Waals surface area contributed by atoms with Gasteiger partial charge in [0.25, 0.3) is 0 Å². The summed E-state index contributed by atoms with van der Waals surface area (Å²) >= 11 is 0. The Morgan fingerprint density at radius 2 is 0.659 bits per heavy atom. The number of carbonyl (C=O) groups excluding carboxylic acids is 2. The number of hydrogen-bond donors (Lipinski definition) is 2. The molecule has 6 nitrogen and oxygen atoms in total. The minimum absolute atomic E-state index is 0.147. The van der Waals surface area contributed by atoms with Gasteiger partial charge in [0, 0.05) is 19.4 Å². The van der Waals surface area contributed by atoms with Crippen LogP contribution in [-0.4, -0.2) is 43.6 Å². The normalized spacial score (nSPS) is 11.1. The average molecular weight is 1480 g/mol. The highest BCUT2D eigenvalue weighted by molar-refractivity contribution is 9.06. The first-order chi connectivity index (χ1) is 42.7. The van der Waals surface area contributed by atoms with E-state index in [4.69, 9.17) is 14.6 Å². The lowest BCUT2D eigenvalue weighted by Crippen LogP contribution is -1.89. The van der Waals surface area contributed by atoms with Crippen molar-refractivity contribution in [3.63, 3.8) is 0 Å². The van der Waals surface area contributed by atoms with E-state index in [0.29, 0.717) is 18.8 Å². The van der Waals surface area contributed by atoms with Gasteiger partial charge in [0.15, 0.2) is 0 Å². The molecule has 0 spiro atoms. The number of benzene rings is 3. The molecule has 3 aromatic carbocycles. The van der Waals surface area contributed by atoms with E-state index in [9.17, 15) is 14.7 Å². The molecule has 2 N–H and O–H groups in total. The summed E-state index contributed by atoms with van der Waals surface area (Å²) in [6.07, 6.45) is 62.3. The van der Waals surface area contributed by atoms with Crippen LogP contribution in [0.4, 0.5) is 0 Å². The number of aromatic hydroxyl groups is 1. The topological polar surface area (TPSA) is 93.1 Å². The van der Waals surface area contributed by atoms with Gasteiger partial charge >= 0.3 is 0 Å². The highest BCUT2D eigenvalue weighted by Crippen LogP contribution is 3.00. The lowest BCUT2D eigenvalue weighted by molar-refractivity contribution is -0.108. The molecule has 0 aromatic heterocycles. The third-order valence-electron chi connectivity index (χ3n) is 14.7. The summed E-state index contributed by atoms with van der Waals surface area (Å²) in [5.41, 5.74) is 4.03. The molecule has 0 saturated carbocycles. The molecule has 20 heteroatoms. The summed E-state index contributed by atoms with van der Waals surface area (Å²) in [6, 6.07) is 24.5. The second-order valence-corrected chi connectivity index (χ2v) is 70.4. The summed E-state index contributed by atoms with van der Waals surface area (Å²) in [6.45, 7) is 1.19. The van der Waals surface area contributed by atoms with E-state index in [1.807, 2.05) is 24.3 Å². The quantitative estimate of drug-likeness (QED) is 0.0253. The van der Waals surface area contributed by atoms with Gasteiger partial charge in [-0.05, 0) is 165 Å². The molecule has 9 unspecified atom stereocenters. The van der Waals surface area contributed by atoms with Crippen molar-refractivity contribution in [3.05, 3.63) is 114 Å². The fraction of sp³-hybridized carbons (Fsp3) is 0.647. The SMILES string of the molecule is COc1cccc(CCCCCCCCCCCCCCCC=O)c1.COc1cccc(CCCCCCCCCCCCCCCCO)c1.O=CCC/C=C\C/C=C\CCCCCCCCc1cccc(O)c1.PP(P)P(P)P.PP(P)P(P)P(P)P. The van der Waals surface area contributed by atoms with Crippen molar-refractivity contribution in [3.8, 4) is 17.2 Å². The van der Waals surface area contributed by atoms with Crippen LogP contribution in [0.25, 0.3) is 0 Å². The van der Waals surface area contributed by atoms with Gasteiger partial charge in [0.2, 0.25) is 0 Å². The van der Waals surface area contributed by atoms with E-state index in [1.54, 1.807) is 20.3 Å². The third kappa shape index (κ3) is 67.8. The van der Waals surface area contributed by atoms with Gasteiger partial charge in [-0.3, -0.25) is 0 Å². The maximum absolute atomic E-state index is 10.2. The van der Waals surface area contributed by atoms with Gasteiger partial charge in [0.05, 0.1) is 14.2 Å². The molecule has 3 aromatic rings. The summed E-state index contributed by atoms with van der Waals surface area (Å²) in [4.78, 5) is 20.4. The molecule has 0 aliphatic heterocycles. The molecule has 88 heavy (non-hydrogen) atoms. The molecule has 0 radical (unpaired) electrons.